The van der Waals surface area contributed by atoms with Gasteiger partial charge in [0, 0.05) is 31.1 Å². The van der Waals surface area contributed by atoms with E-state index in [1.807, 2.05) is 72.0 Å². The maximum Gasteiger partial charge on any atom is 0.304 e. The van der Waals surface area contributed by atoms with Crippen molar-refractivity contribution < 1.29 is 14.7 Å². The first-order chi connectivity index (χ1) is 17.4. The first-order valence-corrected chi connectivity index (χ1v) is 12.4. The lowest BCUT2D eigenvalue weighted by Crippen LogP contribution is -2.37. The SMILES string of the molecule is CCn1nnc2c(C)c([C@H](CC(=O)O)c3ccc4c(c3)CN(C(=O)c3ccccc3)C[C@H]4C)ccc21. The summed E-state index contributed by atoms with van der Waals surface area (Å²) in [5.41, 5.74) is 7.53. The Morgan fingerprint density at radius 1 is 1.11 bits per heavy atom. The quantitative estimate of drug-likeness (QED) is 0.412. The fourth-order valence-electron chi connectivity index (χ4n) is 5.45. The molecular weight excluding hydrogens is 452 g/mol. The standard InChI is InChI=1S/C29H30N4O3/c1-4-33-26-13-12-24(19(3)28(26)30-31-33)25(15-27(34)35)21-10-11-23-18(2)16-32(17-22(23)14-21)29(36)20-8-6-5-7-9-20/h5-14,18,25H,4,15-17H2,1-3H3,(H,34,35)/t18-,25-/m1/s1. The van der Waals surface area contributed by atoms with Crippen molar-refractivity contribution >= 4 is 22.9 Å². The van der Waals surface area contributed by atoms with Gasteiger partial charge in [-0.05, 0) is 65.8 Å². The number of fused-ring (bicyclic) bond motifs is 2. The zero-order chi connectivity index (χ0) is 25.4. The summed E-state index contributed by atoms with van der Waals surface area (Å²) in [5.74, 6) is -0.986. The molecule has 36 heavy (non-hydrogen) atoms. The van der Waals surface area contributed by atoms with E-state index in [4.69, 9.17) is 0 Å². The molecule has 0 saturated carbocycles. The van der Waals surface area contributed by atoms with Crippen molar-refractivity contribution in [3.63, 3.8) is 0 Å². The molecular formula is C29H30N4O3. The lowest BCUT2D eigenvalue weighted by atomic mass is 9.82. The summed E-state index contributed by atoms with van der Waals surface area (Å²) in [7, 11) is 0. The highest BCUT2D eigenvalue weighted by Crippen LogP contribution is 2.37. The lowest BCUT2D eigenvalue weighted by Gasteiger charge is -2.34. The van der Waals surface area contributed by atoms with Gasteiger partial charge in [-0.2, -0.15) is 0 Å². The van der Waals surface area contributed by atoms with Crippen LogP contribution in [0.5, 0.6) is 0 Å². The van der Waals surface area contributed by atoms with Crippen molar-refractivity contribution in [3.05, 3.63) is 94.0 Å². The Balaban J connectivity index is 1.53. The van der Waals surface area contributed by atoms with Crippen molar-refractivity contribution in [2.24, 2.45) is 0 Å². The van der Waals surface area contributed by atoms with Crippen molar-refractivity contribution in [2.45, 2.75) is 52.1 Å². The molecule has 1 aromatic heterocycles. The number of aliphatic carboxylic acids is 1. The van der Waals surface area contributed by atoms with E-state index in [0.29, 0.717) is 18.7 Å². The first kappa shape index (κ1) is 23.7. The van der Waals surface area contributed by atoms with E-state index in [1.165, 1.54) is 5.56 Å². The number of carboxylic acid groups (broad SMARTS) is 1. The topological polar surface area (TPSA) is 88.3 Å². The maximum absolute atomic E-state index is 13.2. The number of carboxylic acids is 1. The number of carbonyl (C=O) groups excluding carboxylic acids is 1. The van der Waals surface area contributed by atoms with Gasteiger partial charge in [0.25, 0.3) is 5.91 Å². The van der Waals surface area contributed by atoms with Crippen molar-refractivity contribution in [2.75, 3.05) is 6.54 Å². The van der Waals surface area contributed by atoms with Crippen LogP contribution < -0.4 is 0 Å². The molecule has 0 aliphatic carbocycles. The van der Waals surface area contributed by atoms with Crippen LogP contribution in [0.4, 0.5) is 0 Å². The summed E-state index contributed by atoms with van der Waals surface area (Å²) in [6.07, 6.45) is -0.0325. The number of benzene rings is 3. The van der Waals surface area contributed by atoms with Crippen LogP contribution in [0.15, 0.2) is 60.7 Å². The molecule has 0 bridgehead atoms. The largest absolute Gasteiger partial charge is 0.481 e. The van der Waals surface area contributed by atoms with Gasteiger partial charge in [0.05, 0.1) is 11.9 Å². The van der Waals surface area contributed by atoms with Gasteiger partial charge in [-0.25, -0.2) is 4.68 Å². The van der Waals surface area contributed by atoms with Gasteiger partial charge in [-0.1, -0.05) is 54.6 Å². The number of carbonyl (C=O) groups is 2. The molecule has 3 aromatic carbocycles. The smallest absolute Gasteiger partial charge is 0.304 e. The molecule has 0 radical (unpaired) electrons. The molecule has 2 heterocycles. The Bertz CT molecular complexity index is 1440. The molecule has 4 aromatic rings. The highest BCUT2D eigenvalue weighted by molar-refractivity contribution is 5.94. The number of nitrogens with zero attached hydrogens (tertiary/aromatic N) is 4. The summed E-state index contributed by atoms with van der Waals surface area (Å²) < 4.78 is 1.84. The third kappa shape index (κ3) is 4.26. The summed E-state index contributed by atoms with van der Waals surface area (Å²) in [6, 6.07) is 19.6. The first-order valence-electron chi connectivity index (χ1n) is 12.4. The molecule has 0 spiro atoms. The zero-order valence-corrected chi connectivity index (χ0v) is 20.8. The van der Waals surface area contributed by atoms with Crippen LogP contribution in [0.25, 0.3) is 11.0 Å². The van der Waals surface area contributed by atoms with Gasteiger partial charge < -0.3 is 10.0 Å². The number of hydrogen-bond donors (Lipinski definition) is 1. The van der Waals surface area contributed by atoms with Crippen LogP contribution >= 0.6 is 0 Å². The molecule has 1 aliphatic rings. The lowest BCUT2D eigenvalue weighted by molar-refractivity contribution is -0.137. The number of rotatable bonds is 6. The normalized spacial score (nSPS) is 16.1. The third-order valence-electron chi connectivity index (χ3n) is 7.30. The molecule has 1 N–H and O–H groups in total. The highest BCUT2D eigenvalue weighted by Gasteiger charge is 2.28. The number of amides is 1. The van der Waals surface area contributed by atoms with Crippen LogP contribution in [0, 0.1) is 6.92 Å². The summed E-state index contributed by atoms with van der Waals surface area (Å²) >= 11 is 0. The molecule has 0 unspecified atom stereocenters. The van der Waals surface area contributed by atoms with E-state index in [0.717, 1.165) is 39.8 Å². The average molecular weight is 483 g/mol. The molecule has 7 nitrogen and oxygen atoms in total. The summed E-state index contributed by atoms with van der Waals surface area (Å²) in [5, 5.41) is 18.4. The predicted octanol–water partition coefficient (Wildman–Crippen LogP) is 5.13. The van der Waals surface area contributed by atoms with E-state index in [1.54, 1.807) is 0 Å². The minimum absolute atomic E-state index is 0.0147. The Labute approximate surface area is 210 Å². The van der Waals surface area contributed by atoms with Crippen LogP contribution in [-0.4, -0.2) is 43.4 Å². The van der Waals surface area contributed by atoms with Crippen molar-refractivity contribution in [1.29, 1.82) is 0 Å². The second-order valence-corrected chi connectivity index (χ2v) is 9.61. The summed E-state index contributed by atoms with van der Waals surface area (Å²) in [4.78, 5) is 27.0. The fourth-order valence-corrected chi connectivity index (χ4v) is 5.45. The molecule has 0 saturated heterocycles. The second kappa shape index (κ2) is 9.57. The van der Waals surface area contributed by atoms with Crippen LogP contribution in [0.1, 0.15) is 70.3 Å². The van der Waals surface area contributed by atoms with E-state index in [-0.39, 0.29) is 24.2 Å². The minimum Gasteiger partial charge on any atom is -0.481 e. The fraction of sp³-hybridized carbons (Fsp3) is 0.310. The van der Waals surface area contributed by atoms with E-state index in [2.05, 4.69) is 29.4 Å². The number of hydrogen-bond acceptors (Lipinski definition) is 4. The molecule has 184 valence electrons. The molecule has 1 aliphatic heterocycles. The maximum atomic E-state index is 13.2. The highest BCUT2D eigenvalue weighted by atomic mass is 16.4. The minimum atomic E-state index is -0.858. The van der Waals surface area contributed by atoms with Gasteiger partial charge in [0.2, 0.25) is 0 Å². The van der Waals surface area contributed by atoms with Crippen LogP contribution in [0.2, 0.25) is 0 Å². The molecule has 1 amide bonds. The van der Waals surface area contributed by atoms with Crippen LogP contribution in [-0.2, 0) is 17.9 Å². The molecule has 0 fully saturated rings. The predicted molar refractivity (Wildman–Crippen MR) is 138 cm³/mol. The monoisotopic (exact) mass is 482 g/mol. The van der Waals surface area contributed by atoms with Gasteiger partial charge >= 0.3 is 5.97 Å². The second-order valence-electron chi connectivity index (χ2n) is 9.61. The van der Waals surface area contributed by atoms with E-state index >= 15 is 0 Å². The Morgan fingerprint density at radius 3 is 2.61 bits per heavy atom. The Kier molecular flexibility index (Phi) is 6.31. The van der Waals surface area contributed by atoms with Gasteiger partial charge in [-0.3, -0.25) is 9.59 Å². The average Bonchev–Trinajstić information content (AvgIpc) is 3.31. The third-order valence-corrected chi connectivity index (χ3v) is 7.30. The van der Waals surface area contributed by atoms with Gasteiger partial charge in [0.15, 0.2) is 0 Å². The summed E-state index contributed by atoms with van der Waals surface area (Å²) in [6.45, 7) is 8.01. The van der Waals surface area contributed by atoms with Crippen molar-refractivity contribution in [3.8, 4) is 0 Å². The van der Waals surface area contributed by atoms with E-state index in [9.17, 15) is 14.7 Å². The van der Waals surface area contributed by atoms with Gasteiger partial charge in [-0.15, -0.1) is 5.10 Å². The molecule has 5 rings (SSSR count). The Morgan fingerprint density at radius 2 is 1.89 bits per heavy atom. The number of aryl methyl sites for hydroxylation is 2. The van der Waals surface area contributed by atoms with E-state index < -0.39 is 5.97 Å². The number of aromatic nitrogens is 3. The molecule has 7 heteroatoms. The molecule has 2 atom stereocenters. The zero-order valence-electron chi connectivity index (χ0n) is 20.8. The van der Waals surface area contributed by atoms with Crippen LogP contribution in [0.3, 0.4) is 0 Å². The van der Waals surface area contributed by atoms with Gasteiger partial charge in [0.1, 0.15) is 5.52 Å². The van der Waals surface area contributed by atoms with Crippen molar-refractivity contribution in [1.82, 2.24) is 19.9 Å². The Hall–Kier alpha value is -4.00.